The number of thioether (sulfide) groups is 1. The third-order valence-electron chi connectivity index (χ3n) is 4.55. The molecule has 2 aromatic heterocycles. The first-order valence-electron chi connectivity index (χ1n) is 9.06. The zero-order valence-corrected chi connectivity index (χ0v) is 16.4. The lowest BCUT2D eigenvalue weighted by molar-refractivity contribution is 0.0951. The van der Waals surface area contributed by atoms with E-state index in [1.807, 2.05) is 0 Å². The van der Waals surface area contributed by atoms with Crippen molar-refractivity contribution in [1.82, 2.24) is 35.4 Å². The van der Waals surface area contributed by atoms with E-state index < -0.39 is 0 Å². The Balaban J connectivity index is 1.25. The van der Waals surface area contributed by atoms with Crippen LogP contribution in [0.2, 0.25) is 0 Å². The highest BCUT2D eigenvalue weighted by atomic mass is 32.2. The first kappa shape index (κ1) is 18.6. The maximum absolute atomic E-state index is 12.2. The van der Waals surface area contributed by atoms with Gasteiger partial charge in [-0.25, -0.2) is 9.67 Å². The Kier molecular flexibility index (Phi) is 5.68. The van der Waals surface area contributed by atoms with E-state index in [2.05, 4.69) is 55.0 Å². The van der Waals surface area contributed by atoms with Gasteiger partial charge in [-0.05, 0) is 28.0 Å². The van der Waals surface area contributed by atoms with Crippen molar-refractivity contribution in [1.29, 1.82) is 0 Å². The molecule has 146 valence electrons. The molecule has 1 aliphatic rings. The minimum absolute atomic E-state index is 0.240. The minimum atomic E-state index is -0.240. The van der Waals surface area contributed by atoms with Gasteiger partial charge in [-0.15, -0.1) is 5.10 Å². The van der Waals surface area contributed by atoms with E-state index in [1.54, 1.807) is 11.7 Å². The summed E-state index contributed by atoms with van der Waals surface area (Å²) in [6.07, 6.45) is 2.44. The number of aromatic nitrogens is 5. The van der Waals surface area contributed by atoms with Crippen molar-refractivity contribution >= 4 is 17.7 Å². The van der Waals surface area contributed by atoms with Crippen molar-refractivity contribution in [3.05, 3.63) is 53.2 Å². The lowest BCUT2D eigenvalue weighted by Gasteiger charge is -2.27. The van der Waals surface area contributed by atoms with Crippen molar-refractivity contribution < 1.29 is 9.21 Å². The van der Waals surface area contributed by atoms with Crippen molar-refractivity contribution in [3.63, 3.8) is 0 Å². The van der Waals surface area contributed by atoms with Crippen LogP contribution in [-0.2, 0) is 26.6 Å². The molecule has 0 saturated heterocycles. The quantitative estimate of drug-likeness (QED) is 0.468. The van der Waals surface area contributed by atoms with E-state index in [1.165, 1.54) is 29.2 Å². The number of benzene rings is 1. The average molecular weight is 399 g/mol. The van der Waals surface area contributed by atoms with Crippen LogP contribution < -0.4 is 5.32 Å². The van der Waals surface area contributed by atoms with Gasteiger partial charge < -0.3 is 9.73 Å². The molecule has 0 unspecified atom stereocenters. The Morgan fingerprint density at radius 3 is 3.00 bits per heavy atom. The van der Waals surface area contributed by atoms with Crippen LogP contribution in [0.3, 0.4) is 0 Å². The van der Waals surface area contributed by atoms with E-state index in [0.717, 1.165) is 19.5 Å². The summed E-state index contributed by atoms with van der Waals surface area (Å²) < 4.78 is 7.10. The largest absolute Gasteiger partial charge is 0.447 e. The molecule has 0 radical (unpaired) electrons. The molecule has 0 aliphatic carbocycles. The molecule has 1 aliphatic heterocycles. The summed E-state index contributed by atoms with van der Waals surface area (Å²) in [7, 11) is 1.78. The number of hydrogen-bond donors (Lipinski definition) is 1. The first-order chi connectivity index (χ1) is 13.7. The minimum Gasteiger partial charge on any atom is -0.447 e. The van der Waals surface area contributed by atoms with E-state index in [4.69, 9.17) is 4.42 Å². The highest BCUT2D eigenvalue weighted by Crippen LogP contribution is 2.20. The van der Waals surface area contributed by atoms with Crippen LogP contribution in [0.1, 0.15) is 27.5 Å². The number of rotatable bonds is 7. The van der Waals surface area contributed by atoms with Gasteiger partial charge in [-0.2, -0.15) is 0 Å². The summed E-state index contributed by atoms with van der Waals surface area (Å²) in [6.45, 7) is 2.90. The Labute approximate surface area is 166 Å². The normalized spacial score (nSPS) is 14.0. The highest BCUT2D eigenvalue weighted by molar-refractivity contribution is 7.99. The van der Waals surface area contributed by atoms with Crippen LogP contribution in [0, 0.1) is 0 Å². The summed E-state index contributed by atoms with van der Waals surface area (Å²) in [4.78, 5) is 18.9. The van der Waals surface area contributed by atoms with Gasteiger partial charge >= 0.3 is 0 Å². The Hall–Kier alpha value is -2.72. The lowest BCUT2D eigenvalue weighted by atomic mass is 10.00. The Morgan fingerprint density at radius 1 is 1.32 bits per heavy atom. The van der Waals surface area contributed by atoms with Gasteiger partial charge in [0.1, 0.15) is 6.26 Å². The molecule has 4 rings (SSSR count). The van der Waals surface area contributed by atoms with Crippen molar-refractivity contribution in [3.8, 4) is 0 Å². The van der Waals surface area contributed by atoms with Gasteiger partial charge in [-0.1, -0.05) is 36.0 Å². The monoisotopic (exact) mass is 399 g/mol. The van der Waals surface area contributed by atoms with Crippen molar-refractivity contribution in [2.24, 2.45) is 7.05 Å². The number of amides is 1. The fourth-order valence-electron chi connectivity index (χ4n) is 3.11. The lowest BCUT2D eigenvalue weighted by Crippen LogP contribution is -2.30. The second kappa shape index (κ2) is 8.53. The van der Waals surface area contributed by atoms with Crippen LogP contribution in [0.25, 0.3) is 0 Å². The predicted octanol–water partition coefficient (Wildman–Crippen LogP) is 1.28. The Morgan fingerprint density at radius 2 is 2.18 bits per heavy atom. The first-order valence-corrected chi connectivity index (χ1v) is 10.0. The Bertz CT molecular complexity index is 955. The van der Waals surface area contributed by atoms with Gasteiger partial charge in [0, 0.05) is 32.4 Å². The van der Waals surface area contributed by atoms with Crippen LogP contribution in [-0.4, -0.2) is 54.8 Å². The third-order valence-corrected chi connectivity index (χ3v) is 5.57. The molecule has 1 N–H and O–H groups in total. The summed E-state index contributed by atoms with van der Waals surface area (Å²) in [5.41, 5.74) is 3.05. The highest BCUT2D eigenvalue weighted by Gasteiger charge is 2.19. The van der Waals surface area contributed by atoms with E-state index >= 15 is 0 Å². The second-order valence-corrected chi connectivity index (χ2v) is 7.61. The maximum Gasteiger partial charge on any atom is 0.273 e. The maximum atomic E-state index is 12.2. The summed E-state index contributed by atoms with van der Waals surface area (Å²) in [5, 5.41) is 14.8. The van der Waals surface area contributed by atoms with Gasteiger partial charge in [-0.3, -0.25) is 9.69 Å². The van der Waals surface area contributed by atoms with E-state index in [-0.39, 0.29) is 5.91 Å². The fraction of sp³-hybridized carbons (Fsp3) is 0.389. The molecule has 3 heterocycles. The van der Waals surface area contributed by atoms with Crippen LogP contribution in [0.4, 0.5) is 0 Å². The molecule has 0 bridgehead atoms. The van der Waals surface area contributed by atoms with Gasteiger partial charge in [0.2, 0.25) is 11.0 Å². The van der Waals surface area contributed by atoms with Gasteiger partial charge in [0.15, 0.2) is 5.69 Å². The summed E-state index contributed by atoms with van der Waals surface area (Å²) >= 11 is 1.48. The topological polar surface area (TPSA) is 102 Å². The fourth-order valence-corrected chi connectivity index (χ4v) is 3.81. The zero-order valence-electron chi connectivity index (χ0n) is 15.5. The number of nitrogens with zero attached hydrogens (tertiary/aromatic N) is 6. The number of carbonyl (C=O) groups is 1. The number of hydrogen-bond acceptors (Lipinski definition) is 8. The molecule has 0 spiro atoms. The molecule has 3 aromatic rings. The van der Waals surface area contributed by atoms with Gasteiger partial charge in [0.25, 0.3) is 5.91 Å². The van der Waals surface area contributed by atoms with Crippen LogP contribution in [0.5, 0.6) is 0 Å². The molecule has 1 aromatic carbocycles. The second-order valence-electron chi connectivity index (χ2n) is 6.55. The smallest absolute Gasteiger partial charge is 0.273 e. The molecule has 0 atom stereocenters. The molecule has 10 heteroatoms. The number of carbonyl (C=O) groups excluding carboxylic acids is 1. The van der Waals surface area contributed by atoms with Crippen molar-refractivity contribution in [2.45, 2.75) is 24.7 Å². The number of oxazole rings is 1. The van der Waals surface area contributed by atoms with Gasteiger partial charge in [0.05, 0.1) is 6.54 Å². The number of nitrogens with one attached hydrogen (secondary N) is 1. The zero-order chi connectivity index (χ0) is 19.3. The molecular weight excluding hydrogens is 378 g/mol. The molecule has 0 fully saturated rings. The van der Waals surface area contributed by atoms with E-state index in [9.17, 15) is 4.79 Å². The average Bonchev–Trinajstić information content (AvgIpc) is 3.34. The van der Waals surface area contributed by atoms with Crippen LogP contribution >= 0.6 is 11.8 Å². The molecule has 0 saturated carbocycles. The number of aryl methyl sites for hydroxylation is 1. The predicted molar refractivity (Wildman–Crippen MR) is 103 cm³/mol. The SMILES string of the molecule is Cn1nnnc1SCCNC(=O)c1coc(CN2CCc3ccccc3C2)n1. The molecule has 1 amide bonds. The van der Waals surface area contributed by atoms with Crippen LogP contribution in [0.15, 0.2) is 40.1 Å². The van der Waals surface area contributed by atoms with Crippen molar-refractivity contribution in [2.75, 3.05) is 18.8 Å². The molecular formula is C18H21N7O2S. The summed E-state index contributed by atoms with van der Waals surface area (Å²) in [5.74, 6) is 0.984. The summed E-state index contributed by atoms with van der Waals surface area (Å²) in [6, 6.07) is 8.48. The number of fused-ring (bicyclic) bond motifs is 1. The third kappa shape index (κ3) is 4.39. The standard InChI is InChI=1S/C18H21N7O2S/c1-24-18(21-22-23-24)28-9-7-19-17(26)15-12-27-16(20-15)11-25-8-6-13-4-2-3-5-14(13)10-25/h2-5,12H,6-11H2,1H3,(H,19,26). The number of tetrazole rings is 1. The molecule has 9 nitrogen and oxygen atoms in total. The molecule has 28 heavy (non-hydrogen) atoms. The van der Waals surface area contributed by atoms with E-state index in [0.29, 0.717) is 35.6 Å².